The summed E-state index contributed by atoms with van der Waals surface area (Å²) in [4.78, 5) is 0. The quantitative estimate of drug-likeness (QED) is 0.613. The Labute approximate surface area is 133 Å². The number of hydrogen-bond acceptors (Lipinski definition) is 1. The van der Waals surface area contributed by atoms with E-state index in [0.717, 1.165) is 28.1 Å². The Balaban J connectivity index is 2.15. The van der Waals surface area contributed by atoms with Crippen LogP contribution in [0.15, 0.2) is 48.5 Å². The lowest BCUT2D eigenvalue weighted by atomic mass is 10.1. The number of halogens is 2. The first-order chi connectivity index (χ1) is 10.1. The van der Waals surface area contributed by atoms with Gasteiger partial charge in [0.25, 0.3) is 0 Å². The van der Waals surface area contributed by atoms with Crippen molar-refractivity contribution in [3.05, 3.63) is 69.8 Å². The van der Waals surface area contributed by atoms with Gasteiger partial charge < -0.3 is 0 Å². The highest BCUT2D eigenvalue weighted by Crippen LogP contribution is 2.30. The Morgan fingerprint density at radius 3 is 2.33 bits per heavy atom. The van der Waals surface area contributed by atoms with Crippen LogP contribution in [0.25, 0.3) is 16.9 Å². The van der Waals surface area contributed by atoms with Gasteiger partial charge in [0.2, 0.25) is 0 Å². The smallest absolute Gasteiger partial charge is 0.136 e. The van der Waals surface area contributed by atoms with Crippen LogP contribution in [0.2, 0.25) is 10.2 Å². The summed E-state index contributed by atoms with van der Waals surface area (Å²) < 4.78 is 1.73. The Morgan fingerprint density at radius 2 is 1.67 bits per heavy atom. The van der Waals surface area contributed by atoms with Crippen molar-refractivity contribution in [1.29, 1.82) is 0 Å². The van der Waals surface area contributed by atoms with Gasteiger partial charge >= 0.3 is 0 Å². The molecule has 0 unspecified atom stereocenters. The fourth-order valence-corrected chi connectivity index (χ4v) is 2.63. The highest BCUT2D eigenvalue weighted by Gasteiger charge is 2.15. The van der Waals surface area contributed by atoms with Gasteiger partial charge in [0.1, 0.15) is 5.15 Å². The Morgan fingerprint density at radius 1 is 0.952 bits per heavy atom. The van der Waals surface area contributed by atoms with E-state index in [-0.39, 0.29) is 0 Å². The van der Waals surface area contributed by atoms with Crippen molar-refractivity contribution in [2.45, 2.75) is 13.8 Å². The summed E-state index contributed by atoms with van der Waals surface area (Å²) >= 11 is 12.6. The molecule has 0 aliphatic rings. The summed E-state index contributed by atoms with van der Waals surface area (Å²) in [5.74, 6) is 0. The number of nitrogens with zero attached hydrogens (tertiary/aromatic N) is 2. The van der Waals surface area contributed by atoms with Crippen LogP contribution in [0.1, 0.15) is 11.1 Å². The van der Waals surface area contributed by atoms with Crippen LogP contribution in [0.3, 0.4) is 0 Å². The molecule has 0 N–H and O–H groups in total. The molecule has 0 fully saturated rings. The largest absolute Gasteiger partial charge is 0.221 e. The number of rotatable bonds is 2. The molecule has 1 heterocycles. The molecule has 21 heavy (non-hydrogen) atoms. The fraction of sp³-hybridized carbons (Fsp3) is 0.118. The molecule has 4 heteroatoms. The molecule has 2 nitrogen and oxygen atoms in total. The summed E-state index contributed by atoms with van der Waals surface area (Å²) in [5, 5.41) is 5.96. The van der Waals surface area contributed by atoms with Crippen molar-refractivity contribution in [3.63, 3.8) is 0 Å². The van der Waals surface area contributed by atoms with Crippen molar-refractivity contribution >= 4 is 23.2 Å². The third-order valence-corrected chi connectivity index (χ3v) is 4.35. The summed E-state index contributed by atoms with van der Waals surface area (Å²) in [6, 6.07) is 15.8. The Kier molecular flexibility index (Phi) is 3.75. The van der Waals surface area contributed by atoms with Crippen LogP contribution in [0.4, 0.5) is 0 Å². The van der Waals surface area contributed by atoms with E-state index in [0.29, 0.717) is 10.2 Å². The molecular formula is C17H14Cl2N2. The number of aryl methyl sites for hydroxylation is 1. The predicted octanol–water partition coefficient (Wildman–Crippen LogP) is 5.46. The first kappa shape index (κ1) is 14.2. The summed E-state index contributed by atoms with van der Waals surface area (Å²) in [6.07, 6.45) is 0. The Hall–Kier alpha value is -1.77. The maximum absolute atomic E-state index is 6.45. The van der Waals surface area contributed by atoms with Crippen molar-refractivity contribution < 1.29 is 0 Å². The van der Waals surface area contributed by atoms with Crippen LogP contribution in [0.5, 0.6) is 0 Å². The molecule has 3 aromatic rings. The lowest BCUT2D eigenvalue weighted by Crippen LogP contribution is -1.97. The van der Waals surface area contributed by atoms with E-state index >= 15 is 0 Å². The van der Waals surface area contributed by atoms with Gasteiger partial charge in [-0.15, -0.1) is 0 Å². The van der Waals surface area contributed by atoms with Gasteiger partial charge in [0.15, 0.2) is 0 Å². The molecule has 0 amide bonds. The van der Waals surface area contributed by atoms with Crippen LogP contribution >= 0.6 is 23.2 Å². The van der Waals surface area contributed by atoms with Gasteiger partial charge in [-0.1, -0.05) is 59.6 Å². The first-order valence-corrected chi connectivity index (χ1v) is 7.40. The molecule has 0 saturated carbocycles. The second-order valence-electron chi connectivity index (χ2n) is 4.98. The molecule has 0 aliphatic heterocycles. The Bertz CT molecular complexity index is 792. The molecular weight excluding hydrogens is 303 g/mol. The van der Waals surface area contributed by atoms with Crippen molar-refractivity contribution in [3.8, 4) is 16.9 Å². The fourth-order valence-electron chi connectivity index (χ4n) is 2.23. The zero-order valence-electron chi connectivity index (χ0n) is 11.8. The van der Waals surface area contributed by atoms with E-state index in [1.165, 1.54) is 0 Å². The molecule has 0 saturated heterocycles. The van der Waals surface area contributed by atoms with Gasteiger partial charge in [-0.05, 0) is 31.5 Å². The van der Waals surface area contributed by atoms with Crippen molar-refractivity contribution in [1.82, 2.24) is 9.78 Å². The molecule has 2 aromatic carbocycles. The zero-order chi connectivity index (χ0) is 15.0. The minimum Gasteiger partial charge on any atom is -0.221 e. The number of benzene rings is 2. The number of aromatic nitrogens is 2. The van der Waals surface area contributed by atoms with Crippen molar-refractivity contribution in [2.75, 3.05) is 0 Å². The second kappa shape index (κ2) is 5.55. The molecule has 1 aromatic heterocycles. The topological polar surface area (TPSA) is 17.8 Å². The standard InChI is InChI=1S/C17H14Cl2N2/c1-11-8-9-14(10-15(11)18)21-17(19)12(2)16(20-21)13-6-4-3-5-7-13/h3-10H,1-2H3. The lowest BCUT2D eigenvalue weighted by Gasteiger charge is -2.05. The minimum absolute atomic E-state index is 0.605. The lowest BCUT2D eigenvalue weighted by molar-refractivity contribution is 0.884. The average Bonchev–Trinajstić information content (AvgIpc) is 2.79. The summed E-state index contributed by atoms with van der Waals surface area (Å²) in [7, 11) is 0. The molecule has 3 rings (SSSR count). The van der Waals surface area contributed by atoms with E-state index in [1.54, 1.807) is 4.68 Å². The van der Waals surface area contributed by atoms with Crippen LogP contribution in [-0.4, -0.2) is 9.78 Å². The van der Waals surface area contributed by atoms with E-state index in [2.05, 4.69) is 5.10 Å². The molecule has 0 bridgehead atoms. The third-order valence-electron chi connectivity index (χ3n) is 3.50. The highest BCUT2D eigenvalue weighted by molar-refractivity contribution is 6.32. The van der Waals surface area contributed by atoms with Crippen LogP contribution in [0, 0.1) is 13.8 Å². The number of hydrogen-bond donors (Lipinski definition) is 0. The van der Waals surface area contributed by atoms with Gasteiger partial charge in [0.05, 0.1) is 11.4 Å². The normalized spacial score (nSPS) is 10.9. The van der Waals surface area contributed by atoms with Gasteiger partial charge in [0, 0.05) is 16.1 Å². The van der Waals surface area contributed by atoms with Crippen LogP contribution < -0.4 is 0 Å². The molecule has 0 spiro atoms. The minimum atomic E-state index is 0.605. The monoisotopic (exact) mass is 316 g/mol. The second-order valence-corrected chi connectivity index (χ2v) is 5.74. The van der Waals surface area contributed by atoms with E-state index in [9.17, 15) is 0 Å². The van der Waals surface area contributed by atoms with Crippen LogP contribution in [-0.2, 0) is 0 Å². The molecule has 0 atom stereocenters. The van der Waals surface area contributed by atoms with Gasteiger partial charge in [-0.3, -0.25) is 0 Å². The third kappa shape index (κ3) is 2.57. The summed E-state index contributed by atoms with van der Waals surface area (Å²) in [5.41, 5.74) is 4.79. The van der Waals surface area contributed by atoms with E-state index in [1.807, 2.05) is 62.4 Å². The maximum Gasteiger partial charge on any atom is 0.136 e. The van der Waals surface area contributed by atoms with E-state index < -0.39 is 0 Å². The van der Waals surface area contributed by atoms with Gasteiger partial charge in [-0.2, -0.15) is 5.10 Å². The zero-order valence-corrected chi connectivity index (χ0v) is 13.3. The predicted molar refractivity (Wildman–Crippen MR) is 88.5 cm³/mol. The molecule has 0 aliphatic carbocycles. The average molecular weight is 317 g/mol. The van der Waals surface area contributed by atoms with Crippen molar-refractivity contribution in [2.24, 2.45) is 0 Å². The molecule has 0 radical (unpaired) electrons. The van der Waals surface area contributed by atoms with E-state index in [4.69, 9.17) is 23.2 Å². The first-order valence-electron chi connectivity index (χ1n) is 6.65. The van der Waals surface area contributed by atoms with Gasteiger partial charge in [-0.25, -0.2) is 4.68 Å². The maximum atomic E-state index is 6.45. The SMILES string of the molecule is Cc1ccc(-n2nc(-c3ccccc3)c(C)c2Cl)cc1Cl. The highest BCUT2D eigenvalue weighted by atomic mass is 35.5. The summed E-state index contributed by atoms with van der Waals surface area (Å²) in [6.45, 7) is 3.95. The molecule has 106 valence electrons.